The Labute approximate surface area is 75.2 Å². The van der Waals surface area contributed by atoms with Crippen LogP contribution in [0.15, 0.2) is 0 Å². The Morgan fingerprint density at radius 2 is 1.33 bits per heavy atom. The lowest BCUT2D eigenvalue weighted by Crippen LogP contribution is -2.23. The van der Waals surface area contributed by atoms with Gasteiger partial charge in [-0.3, -0.25) is 0 Å². The molecule has 1 heteroatoms. The van der Waals surface area contributed by atoms with Crippen molar-refractivity contribution in [2.75, 3.05) is 0 Å². The topological polar surface area (TPSA) is 20.2 Å². The molecule has 1 N–H and O–H groups in total. The summed E-state index contributed by atoms with van der Waals surface area (Å²) in [6.45, 7) is 1.95. The lowest BCUT2D eigenvalue weighted by Gasteiger charge is -2.30. The van der Waals surface area contributed by atoms with Gasteiger partial charge in [0, 0.05) is 0 Å². The minimum absolute atomic E-state index is 0.0647. The largest absolute Gasteiger partial charge is 0.393 e. The Hall–Kier alpha value is -0.0400. The van der Waals surface area contributed by atoms with E-state index in [0.717, 1.165) is 11.8 Å². The molecule has 0 spiro atoms. The van der Waals surface area contributed by atoms with E-state index in [0.29, 0.717) is 5.92 Å². The molecule has 2 rings (SSSR count). The molecule has 70 valence electrons. The average Bonchev–Trinajstić information content (AvgIpc) is 2.87. The van der Waals surface area contributed by atoms with Crippen molar-refractivity contribution >= 4 is 0 Å². The normalized spacial score (nSPS) is 39.5. The van der Waals surface area contributed by atoms with Gasteiger partial charge < -0.3 is 5.11 Å². The van der Waals surface area contributed by atoms with Crippen LogP contribution in [-0.4, -0.2) is 11.2 Å². The van der Waals surface area contributed by atoms with Crippen LogP contribution in [0.2, 0.25) is 0 Å². The molecule has 12 heavy (non-hydrogen) atoms. The number of rotatable bonds is 2. The van der Waals surface area contributed by atoms with Gasteiger partial charge in [0.2, 0.25) is 0 Å². The van der Waals surface area contributed by atoms with Crippen LogP contribution in [0.5, 0.6) is 0 Å². The van der Waals surface area contributed by atoms with Gasteiger partial charge in [-0.1, -0.05) is 0 Å². The minimum atomic E-state index is -0.0647. The van der Waals surface area contributed by atoms with Crippen LogP contribution in [0.1, 0.15) is 45.4 Å². The molecule has 2 aliphatic rings. The van der Waals surface area contributed by atoms with E-state index in [1.807, 2.05) is 6.92 Å². The fourth-order valence-corrected chi connectivity index (χ4v) is 2.67. The van der Waals surface area contributed by atoms with E-state index in [2.05, 4.69) is 0 Å². The smallest absolute Gasteiger partial charge is 0.0540 e. The van der Waals surface area contributed by atoms with Crippen LogP contribution in [0, 0.1) is 17.8 Å². The summed E-state index contributed by atoms with van der Waals surface area (Å²) in [5.74, 6) is 2.72. The van der Waals surface area contributed by atoms with Crippen molar-refractivity contribution in [3.63, 3.8) is 0 Å². The highest BCUT2D eigenvalue weighted by molar-refractivity contribution is 4.85. The van der Waals surface area contributed by atoms with Gasteiger partial charge in [0.25, 0.3) is 0 Å². The van der Waals surface area contributed by atoms with Gasteiger partial charge >= 0.3 is 0 Å². The lowest BCUT2D eigenvalue weighted by molar-refractivity contribution is 0.0853. The molecule has 2 fully saturated rings. The standard InChI is InChI=1S/C11H20O/c1-8(12)9-2-4-10(5-3-9)11-6-7-11/h8-12H,2-7H2,1H3. The molecule has 1 unspecified atom stereocenters. The summed E-state index contributed by atoms with van der Waals surface area (Å²) < 4.78 is 0. The van der Waals surface area contributed by atoms with Gasteiger partial charge in [-0.25, -0.2) is 0 Å². The molecule has 0 saturated heterocycles. The number of aliphatic hydroxyl groups excluding tert-OH is 1. The van der Waals surface area contributed by atoms with Crippen molar-refractivity contribution in [3.05, 3.63) is 0 Å². The third-order valence-electron chi connectivity index (χ3n) is 3.79. The highest BCUT2D eigenvalue weighted by Crippen LogP contribution is 2.45. The molecule has 2 saturated carbocycles. The molecule has 1 nitrogen and oxygen atoms in total. The van der Waals surface area contributed by atoms with E-state index in [1.54, 1.807) is 0 Å². The van der Waals surface area contributed by atoms with Gasteiger partial charge in [0.15, 0.2) is 0 Å². The van der Waals surface area contributed by atoms with E-state index < -0.39 is 0 Å². The first-order chi connectivity index (χ1) is 5.77. The van der Waals surface area contributed by atoms with E-state index in [1.165, 1.54) is 38.5 Å². The van der Waals surface area contributed by atoms with Crippen LogP contribution in [0.4, 0.5) is 0 Å². The average molecular weight is 168 g/mol. The van der Waals surface area contributed by atoms with Crippen LogP contribution in [0.25, 0.3) is 0 Å². The Kier molecular flexibility index (Phi) is 2.40. The van der Waals surface area contributed by atoms with Crippen LogP contribution >= 0.6 is 0 Å². The van der Waals surface area contributed by atoms with Gasteiger partial charge in [-0.15, -0.1) is 0 Å². The lowest BCUT2D eigenvalue weighted by atomic mass is 9.78. The van der Waals surface area contributed by atoms with Crippen molar-refractivity contribution in [3.8, 4) is 0 Å². The molecule has 1 atom stereocenters. The van der Waals surface area contributed by atoms with E-state index in [-0.39, 0.29) is 6.10 Å². The molecule has 0 aromatic heterocycles. The highest BCUT2D eigenvalue weighted by Gasteiger charge is 2.34. The molecule has 0 aliphatic heterocycles. The number of hydrogen-bond acceptors (Lipinski definition) is 1. The molecule has 0 heterocycles. The zero-order chi connectivity index (χ0) is 8.55. The van der Waals surface area contributed by atoms with Gasteiger partial charge in [0.05, 0.1) is 6.10 Å². The summed E-state index contributed by atoms with van der Waals surface area (Å²) in [5, 5.41) is 9.42. The fourth-order valence-electron chi connectivity index (χ4n) is 2.67. The molecule has 2 aliphatic carbocycles. The third-order valence-corrected chi connectivity index (χ3v) is 3.79. The Morgan fingerprint density at radius 3 is 1.67 bits per heavy atom. The number of hydrogen-bond donors (Lipinski definition) is 1. The van der Waals surface area contributed by atoms with Crippen molar-refractivity contribution in [1.29, 1.82) is 0 Å². The summed E-state index contributed by atoms with van der Waals surface area (Å²) in [4.78, 5) is 0. The summed E-state index contributed by atoms with van der Waals surface area (Å²) in [7, 11) is 0. The van der Waals surface area contributed by atoms with Crippen LogP contribution < -0.4 is 0 Å². The first-order valence-electron chi connectivity index (χ1n) is 5.45. The predicted octanol–water partition coefficient (Wildman–Crippen LogP) is 2.58. The minimum Gasteiger partial charge on any atom is -0.393 e. The third kappa shape index (κ3) is 1.82. The van der Waals surface area contributed by atoms with Crippen molar-refractivity contribution in [2.45, 2.75) is 51.6 Å². The fraction of sp³-hybridized carbons (Fsp3) is 1.00. The summed E-state index contributed by atoms with van der Waals surface area (Å²) in [5.41, 5.74) is 0. The zero-order valence-corrected chi connectivity index (χ0v) is 8.00. The second-order valence-corrected chi connectivity index (χ2v) is 4.75. The SMILES string of the molecule is CC(O)C1CCC(C2CC2)CC1. The Bertz CT molecular complexity index is 131. The van der Waals surface area contributed by atoms with Crippen LogP contribution in [-0.2, 0) is 0 Å². The monoisotopic (exact) mass is 168 g/mol. The van der Waals surface area contributed by atoms with Crippen molar-refractivity contribution in [1.82, 2.24) is 0 Å². The van der Waals surface area contributed by atoms with Crippen molar-refractivity contribution < 1.29 is 5.11 Å². The van der Waals surface area contributed by atoms with E-state index in [4.69, 9.17) is 0 Å². The highest BCUT2D eigenvalue weighted by atomic mass is 16.3. The molecular weight excluding hydrogens is 148 g/mol. The maximum Gasteiger partial charge on any atom is 0.0540 e. The van der Waals surface area contributed by atoms with Crippen LogP contribution in [0.3, 0.4) is 0 Å². The Morgan fingerprint density at radius 1 is 0.917 bits per heavy atom. The second kappa shape index (κ2) is 3.37. The first-order valence-corrected chi connectivity index (χ1v) is 5.45. The Balaban J connectivity index is 1.76. The maximum absolute atomic E-state index is 9.42. The molecule has 0 aromatic carbocycles. The molecule has 0 radical (unpaired) electrons. The van der Waals surface area contributed by atoms with E-state index in [9.17, 15) is 5.11 Å². The van der Waals surface area contributed by atoms with E-state index >= 15 is 0 Å². The van der Waals surface area contributed by atoms with Gasteiger partial charge in [0.1, 0.15) is 0 Å². The summed E-state index contributed by atoms with van der Waals surface area (Å²) in [6.07, 6.45) is 8.25. The summed E-state index contributed by atoms with van der Waals surface area (Å²) in [6, 6.07) is 0. The molecular formula is C11H20O. The van der Waals surface area contributed by atoms with Crippen molar-refractivity contribution in [2.24, 2.45) is 17.8 Å². The predicted molar refractivity (Wildman–Crippen MR) is 49.9 cm³/mol. The molecule has 0 amide bonds. The summed E-state index contributed by atoms with van der Waals surface area (Å²) >= 11 is 0. The van der Waals surface area contributed by atoms with Gasteiger partial charge in [-0.2, -0.15) is 0 Å². The second-order valence-electron chi connectivity index (χ2n) is 4.75. The molecule has 0 aromatic rings. The molecule has 0 bridgehead atoms. The number of aliphatic hydroxyl groups is 1. The first kappa shape index (κ1) is 8.55. The van der Waals surface area contributed by atoms with Gasteiger partial charge in [-0.05, 0) is 63.2 Å². The quantitative estimate of drug-likeness (QED) is 0.672. The maximum atomic E-state index is 9.42. The zero-order valence-electron chi connectivity index (χ0n) is 8.00.